The molecule has 0 bridgehead atoms. The fourth-order valence-electron chi connectivity index (χ4n) is 9.05. The Morgan fingerprint density at radius 2 is 1.32 bits per heavy atom. The standard InChI is InChI=1S/C32H38Si.2CH3.2ClH.Zr/c1-21-25-15-10-11-16-26(25)22(2)32(21)33(3,4)30-20-29(23-12-6-5-7-13-23)31-27-17-9-8-14-24(27)18-19-28(30)31;;;;;/h5-19,21-22,25-26,28-32H,20H2,1-4H3;2*1H3;2*1H;/q;2*-1;;;+4/p-2. The van der Waals surface area contributed by atoms with Gasteiger partial charge < -0.3 is 14.9 Å². The van der Waals surface area contributed by atoms with Gasteiger partial charge in [-0.1, -0.05) is 118 Å². The van der Waals surface area contributed by atoms with Gasteiger partial charge in [-0.3, -0.25) is 0 Å². The molecule has 38 heavy (non-hydrogen) atoms. The first-order valence-electron chi connectivity index (χ1n) is 13.5. The third-order valence-electron chi connectivity index (χ3n) is 10.3. The van der Waals surface area contributed by atoms with E-state index in [0.29, 0.717) is 17.8 Å². The van der Waals surface area contributed by atoms with Crippen LogP contribution in [-0.2, 0) is 20.8 Å². The second-order valence-corrected chi connectivity index (χ2v) is 20.8. The second kappa shape index (κ2) is 13.3. The van der Waals surface area contributed by atoms with Crippen molar-refractivity contribution in [1.29, 1.82) is 0 Å². The molecule has 0 heterocycles. The molecular formula is C34H44Cl2SiZr. The molecule has 0 saturated heterocycles. The zero-order valence-corrected chi connectivity index (χ0v) is 28.8. The topological polar surface area (TPSA) is 0 Å². The third-order valence-corrected chi connectivity index (χ3v) is 15.6. The normalized spacial score (nSPS) is 33.9. The third kappa shape index (κ3) is 5.59. The van der Waals surface area contributed by atoms with Crippen molar-refractivity contribution >= 4 is 31.2 Å². The van der Waals surface area contributed by atoms with Crippen molar-refractivity contribution in [2.24, 2.45) is 29.6 Å². The number of allylic oxidation sites excluding steroid dienone is 5. The number of benzene rings is 2. The summed E-state index contributed by atoms with van der Waals surface area (Å²) in [6.45, 7) is 10.7. The van der Waals surface area contributed by atoms with Crippen LogP contribution in [0.2, 0.25) is 24.2 Å². The summed E-state index contributed by atoms with van der Waals surface area (Å²) in [6.07, 6.45) is 16.1. The van der Waals surface area contributed by atoms with Crippen molar-refractivity contribution in [3.8, 4) is 0 Å². The van der Waals surface area contributed by atoms with Crippen molar-refractivity contribution in [3.05, 3.63) is 117 Å². The van der Waals surface area contributed by atoms with E-state index in [1.165, 1.54) is 12.0 Å². The van der Waals surface area contributed by atoms with E-state index in [1.54, 1.807) is 11.1 Å². The van der Waals surface area contributed by atoms with E-state index < -0.39 is 28.9 Å². The van der Waals surface area contributed by atoms with E-state index in [4.69, 9.17) is 17.0 Å². The molecule has 4 aliphatic carbocycles. The molecule has 2 fully saturated rings. The summed E-state index contributed by atoms with van der Waals surface area (Å²) >= 11 is -0.826. The molecule has 0 aliphatic heterocycles. The molecule has 2 aromatic rings. The maximum absolute atomic E-state index is 4.93. The predicted octanol–water partition coefficient (Wildman–Crippen LogP) is 11.0. The maximum atomic E-state index is 4.93. The minimum absolute atomic E-state index is 0. The van der Waals surface area contributed by atoms with Gasteiger partial charge in [0, 0.05) is 0 Å². The van der Waals surface area contributed by atoms with Gasteiger partial charge in [0.15, 0.2) is 0 Å². The molecule has 4 aliphatic rings. The summed E-state index contributed by atoms with van der Waals surface area (Å²) in [4.78, 5) is 0. The molecule has 2 aromatic carbocycles. The minimum atomic E-state index is -1.57. The van der Waals surface area contributed by atoms with Gasteiger partial charge in [0.2, 0.25) is 0 Å². The first-order chi connectivity index (χ1) is 17.4. The van der Waals surface area contributed by atoms with Crippen molar-refractivity contribution in [2.75, 3.05) is 0 Å². The summed E-state index contributed by atoms with van der Waals surface area (Å²) in [5, 5.41) is 0. The molecule has 0 amide bonds. The second-order valence-electron chi connectivity index (χ2n) is 12.0. The van der Waals surface area contributed by atoms with E-state index in [0.717, 1.165) is 34.8 Å². The molecule has 8 atom stereocenters. The first kappa shape index (κ1) is 31.9. The van der Waals surface area contributed by atoms with Crippen LogP contribution in [0, 0.1) is 44.4 Å². The molecule has 0 N–H and O–H groups in total. The zero-order valence-electron chi connectivity index (χ0n) is 23.8. The van der Waals surface area contributed by atoms with Gasteiger partial charge in [-0.05, 0) is 75.6 Å². The average molecular weight is 643 g/mol. The number of rotatable bonds is 3. The van der Waals surface area contributed by atoms with Crippen LogP contribution in [0.25, 0.3) is 6.08 Å². The zero-order chi connectivity index (χ0) is 25.4. The van der Waals surface area contributed by atoms with Gasteiger partial charge in [0.25, 0.3) is 0 Å². The van der Waals surface area contributed by atoms with Gasteiger partial charge in [0.1, 0.15) is 0 Å². The van der Waals surface area contributed by atoms with Crippen LogP contribution in [0.5, 0.6) is 0 Å². The Bertz CT molecular complexity index is 1120. The van der Waals surface area contributed by atoms with Crippen LogP contribution < -0.4 is 0 Å². The molecule has 6 rings (SSSR count). The summed E-state index contributed by atoms with van der Waals surface area (Å²) in [5.41, 5.74) is 6.31. The van der Waals surface area contributed by atoms with E-state index in [-0.39, 0.29) is 14.9 Å². The molecule has 0 aromatic heterocycles. The van der Waals surface area contributed by atoms with Crippen LogP contribution in [0.15, 0.2) is 85.0 Å². The van der Waals surface area contributed by atoms with Gasteiger partial charge in [0.05, 0.1) is 8.07 Å². The monoisotopic (exact) mass is 640 g/mol. The Labute approximate surface area is 252 Å². The molecule has 202 valence electrons. The Morgan fingerprint density at radius 1 is 0.763 bits per heavy atom. The van der Waals surface area contributed by atoms with Crippen LogP contribution in [0.1, 0.15) is 48.8 Å². The van der Waals surface area contributed by atoms with E-state index in [1.807, 2.05) is 0 Å². The number of hydrogen-bond acceptors (Lipinski definition) is 0. The van der Waals surface area contributed by atoms with E-state index >= 15 is 0 Å². The van der Waals surface area contributed by atoms with Gasteiger partial charge in [-0.15, -0.1) is 0 Å². The Hall–Kier alpha value is -0.660. The fourth-order valence-corrected chi connectivity index (χ4v) is 14.9. The number of fused-ring (bicyclic) bond motifs is 4. The van der Waals surface area contributed by atoms with Crippen molar-refractivity contribution in [3.63, 3.8) is 0 Å². The van der Waals surface area contributed by atoms with Gasteiger partial charge in [-0.25, -0.2) is 0 Å². The van der Waals surface area contributed by atoms with E-state index in [9.17, 15) is 0 Å². The average Bonchev–Trinajstić information content (AvgIpc) is 3.42. The Kier molecular flexibility index (Phi) is 11.2. The SMILES string of the molecule is CC1C2C=CC=CC2C(C)C1[Si](C)(C)C1CC(c2ccccc2)C2c3ccccc3C=CC21.[CH3-].[CH3-].[Cl][Zr+2][Cl]. The molecule has 8 unspecified atom stereocenters. The molecular weight excluding hydrogens is 599 g/mol. The predicted molar refractivity (Wildman–Crippen MR) is 169 cm³/mol. The van der Waals surface area contributed by atoms with Gasteiger partial charge >= 0.3 is 37.9 Å². The van der Waals surface area contributed by atoms with E-state index in [2.05, 4.69) is 118 Å². The first-order valence-corrected chi connectivity index (χ1v) is 23.0. The van der Waals surface area contributed by atoms with Crippen LogP contribution in [0.4, 0.5) is 0 Å². The van der Waals surface area contributed by atoms with Crippen LogP contribution >= 0.6 is 17.0 Å². The molecule has 0 spiro atoms. The van der Waals surface area contributed by atoms with Crippen molar-refractivity contribution in [1.82, 2.24) is 0 Å². The Balaban J connectivity index is 0.000000766. The quantitative estimate of drug-likeness (QED) is 0.231. The molecule has 0 nitrogen and oxygen atoms in total. The molecule has 4 heteroatoms. The van der Waals surface area contributed by atoms with Gasteiger partial charge in [-0.2, -0.15) is 0 Å². The summed E-state index contributed by atoms with van der Waals surface area (Å²) in [5.74, 6) is 5.01. The fraction of sp³-hybridized carbons (Fsp3) is 0.412. The van der Waals surface area contributed by atoms with Crippen LogP contribution in [-0.4, -0.2) is 8.07 Å². The summed E-state index contributed by atoms with van der Waals surface area (Å²) < 4.78 is 0. The summed E-state index contributed by atoms with van der Waals surface area (Å²) in [6, 6.07) is 20.7. The Morgan fingerprint density at radius 3 is 1.92 bits per heavy atom. The summed E-state index contributed by atoms with van der Waals surface area (Å²) in [7, 11) is 8.29. The van der Waals surface area contributed by atoms with Crippen molar-refractivity contribution in [2.45, 2.75) is 56.3 Å². The molecule has 2 saturated carbocycles. The van der Waals surface area contributed by atoms with Crippen LogP contribution in [0.3, 0.4) is 0 Å². The number of hydrogen-bond donors (Lipinski definition) is 0. The van der Waals surface area contributed by atoms with Crippen molar-refractivity contribution < 1.29 is 20.8 Å². The molecule has 0 radical (unpaired) electrons. The number of halogens is 2.